The molecule has 0 fully saturated rings. The van der Waals surface area contributed by atoms with Crippen LogP contribution in [-0.2, 0) is 5.75 Å². The third-order valence-corrected chi connectivity index (χ3v) is 3.33. The first kappa shape index (κ1) is 12.1. The molecule has 0 aliphatic rings. The maximum absolute atomic E-state index is 10.6. The van der Waals surface area contributed by atoms with Crippen molar-refractivity contribution in [1.82, 2.24) is 0 Å². The minimum Gasteiger partial charge on any atom is -0.475 e. The number of nitrogens with two attached hydrogens (primary N) is 1. The molecule has 1 atom stereocenters. The zero-order valence-corrected chi connectivity index (χ0v) is 9.63. The van der Waals surface area contributed by atoms with Crippen LogP contribution in [0.4, 0.5) is 0 Å². The van der Waals surface area contributed by atoms with E-state index in [9.17, 15) is 4.79 Å². The van der Waals surface area contributed by atoms with Crippen molar-refractivity contribution in [2.75, 3.05) is 6.54 Å². The SMILES string of the molecule is Cc1oc(C(=O)O)cc1CSC(C)CN. The summed E-state index contributed by atoms with van der Waals surface area (Å²) < 4.78 is 5.10. The number of hydrogen-bond donors (Lipinski definition) is 2. The molecule has 1 heterocycles. The van der Waals surface area contributed by atoms with Crippen LogP contribution in [0.3, 0.4) is 0 Å². The molecule has 0 bridgehead atoms. The third-order valence-electron chi connectivity index (χ3n) is 2.09. The molecule has 0 amide bonds. The number of furan rings is 1. The topological polar surface area (TPSA) is 76.5 Å². The van der Waals surface area contributed by atoms with Gasteiger partial charge in [-0.15, -0.1) is 0 Å². The molecule has 0 saturated heterocycles. The van der Waals surface area contributed by atoms with Gasteiger partial charge < -0.3 is 15.3 Å². The average Bonchev–Trinajstić information content (AvgIpc) is 2.56. The summed E-state index contributed by atoms with van der Waals surface area (Å²) in [5.74, 6) is 0.384. The lowest BCUT2D eigenvalue weighted by atomic mass is 10.3. The molecule has 1 aromatic heterocycles. The minimum absolute atomic E-state index is 0.00324. The average molecular weight is 229 g/mol. The maximum atomic E-state index is 10.6. The molecule has 0 saturated carbocycles. The van der Waals surface area contributed by atoms with Crippen molar-refractivity contribution in [3.8, 4) is 0 Å². The maximum Gasteiger partial charge on any atom is 0.371 e. The summed E-state index contributed by atoms with van der Waals surface area (Å²) >= 11 is 1.69. The van der Waals surface area contributed by atoms with Crippen molar-refractivity contribution >= 4 is 17.7 Å². The van der Waals surface area contributed by atoms with Gasteiger partial charge in [-0.1, -0.05) is 6.92 Å². The van der Waals surface area contributed by atoms with Crippen LogP contribution >= 0.6 is 11.8 Å². The van der Waals surface area contributed by atoms with Crippen LogP contribution in [-0.4, -0.2) is 22.9 Å². The number of carbonyl (C=O) groups is 1. The van der Waals surface area contributed by atoms with E-state index in [0.717, 1.165) is 11.3 Å². The van der Waals surface area contributed by atoms with Crippen LogP contribution in [0, 0.1) is 6.92 Å². The lowest BCUT2D eigenvalue weighted by Gasteiger charge is -2.06. The molecule has 5 heteroatoms. The molecular formula is C10H15NO3S. The van der Waals surface area contributed by atoms with Crippen LogP contribution in [0.5, 0.6) is 0 Å². The molecule has 1 rings (SSSR count). The second-order valence-corrected chi connectivity index (χ2v) is 4.78. The van der Waals surface area contributed by atoms with Gasteiger partial charge in [0.25, 0.3) is 0 Å². The molecule has 15 heavy (non-hydrogen) atoms. The van der Waals surface area contributed by atoms with Crippen LogP contribution in [0.1, 0.15) is 28.8 Å². The summed E-state index contributed by atoms with van der Waals surface area (Å²) in [4.78, 5) is 10.6. The monoisotopic (exact) mass is 229 g/mol. The number of hydrogen-bond acceptors (Lipinski definition) is 4. The molecule has 0 aliphatic heterocycles. The van der Waals surface area contributed by atoms with Crippen molar-refractivity contribution in [1.29, 1.82) is 0 Å². The highest BCUT2D eigenvalue weighted by atomic mass is 32.2. The van der Waals surface area contributed by atoms with E-state index in [1.165, 1.54) is 0 Å². The van der Waals surface area contributed by atoms with Gasteiger partial charge in [-0.3, -0.25) is 0 Å². The third kappa shape index (κ3) is 3.28. The van der Waals surface area contributed by atoms with Crippen molar-refractivity contribution in [2.24, 2.45) is 5.73 Å². The van der Waals surface area contributed by atoms with E-state index in [1.807, 2.05) is 6.92 Å². The Morgan fingerprint density at radius 1 is 1.73 bits per heavy atom. The molecule has 0 aliphatic carbocycles. The standard InChI is InChI=1S/C10H15NO3S/c1-6(4-11)15-5-8-3-9(10(12)13)14-7(8)2/h3,6H,4-5,11H2,1-2H3,(H,12,13). The van der Waals surface area contributed by atoms with E-state index >= 15 is 0 Å². The number of thioether (sulfide) groups is 1. The molecule has 0 aromatic carbocycles. The van der Waals surface area contributed by atoms with E-state index in [1.54, 1.807) is 24.8 Å². The highest BCUT2D eigenvalue weighted by molar-refractivity contribution is 7.99. The first-order valence-electron chi connectivity index (χ1n) is 4.69. The van der Waals surface area contributed by atoms with Gasteiger partial charge in [0.2, 0.25) is 5.76 Å². The van der Waals surface area contributed by atoms with Crippen LogP contribution < -0.4 is 5.73 Å². The van der Waals surface area contributed by atoms with Gasteiger partial charge in [0.15, 0.2) is 0 Å². The fraction of sp³-hybridized carbons (Fsp3) is 0.500. The molecule has 4 nitrogen and oxygen atoms in total. The van der Waals surface area contributed by atoms with Crippen LogP contribution in [0.15, 0.2) is 10.5 Å². The van der Waals surface area contributed by atoms with E-state index in [2.05, 4.69) is 0 Å². The summed E-state index contributed by atoms with van der Waals surface area (Å²) in [5.41, 5.74) is 6.42. The molecule has 1 unspecified atom stereocenters. The van der Waals surface area contributed by atoms with E-state index in [0.29, 0.717) is 17.6 Å². The Labute approximate surface area is 92.8 Å². The largest absolute Gasteiger partial charge is 0.475 e. The number of aromatic carboxylic acids is 1. The Bertz CT molecular complexity index is 348. The van der Waals surface area contributed by atoms with Gasteiger partial charge >= 0.3 is 5.97 Å². The summed E-state index contributed by atoms with van der Waals surface area (Å²) in [6.45, 7) is 4.43. The van der Waals surface area contributed by atoms with Crippen molar-refractivity contribution in [2.45, 2.75) is 24.9 Å². The molecule has 1 aromatic rings. The molecule has 0 spiro atoms. The quantitative estimate of drug-likeness (QED) is 0.806. The second kappa shape index (κ2) is 5.23. The van der Waals surface area contributed by atoms with Crippen molar-refractivity contribution < 1.29 is 14.3 Å². The first-order valence-corrected chi connectivity index (χ1v) is 5.73. The number of aryl methyl sites for hydroxylation is 1. The van der Waals surface area contributed by atoms with Crippen LogP contribution in [0.2, 0.25) is 0 Å². The Morgan fingerprint density at radius 2 is 2.40 bits per heavy atom. The Morgan fingerprint density at radius 3 is 2.87 bits per heavy atom. The normalized spacial score (nSPS) is 12.7. The van der Waals surface area contributed by atoms with E-state index in [-0.39, 0.29) is 5.76 Å². The van der Waals surface area contributed by atoms with Gasteiger partial charge in [-0.05, 0) is 13.0 Å². The fourth-order valence-electron chi connectivity index (χ4n) is 1.07. The zero-order valence-electron chi connectivity index (χ0n) is 8.82. The number of carboxylic acid groups (broad SMARTS) is 1. The first-order chi connectivity index (χ1) is 7.04. The minimum atomic E-state index is -1.03. The number of rotatable bonds is 5. The summed E-state index contributed by atoms with van der Waals surface area (Å²) in [6.07, 6.45) is 0. The Balaban J connectivity index is 2.65. The summed E-state index contributed by atoms with van der Waals surface area (Å²) in [7, 11) is 0. The molecule has 0 radical (unpaired) electrons. The predicted molar refractivity (Wildman–Crippen MR) is 60.2 cm³/mol. The molecular weight excluding hydrogens is 214 g/mol. The second-order valence-electron chi connectivity index (χ2n) is 3.35. The van der Waals surface area contributed by atoms with Crippen molar-refractivity contribution in [3.63, 3.8) is 0 Å². The number of carboxylic acids is 1. The highest BCUT2D eigenvalue weighted by Crippen LogP contribution is 2.22. The summed E-state index contributed by atoms with van der Waals surface area (Å²) in [6, 6.07) is 1.58. The fourth-order valence-corrected chi connectivity index (χ4v) is 1.96. The smallest absolute Gasteiger partial charge is 0.371 e. The molecule has 84 valence electrons. The van der Waals surface area contributed by atoms with Gasteiger partial charge in [0.05, 0.1) is 0 Å². The van der Waals surface area contributed by atoms with Gasteiger partial charge in [0, 0.05) is 23.1 Å². The molecule has 3 N–H and O–H groups in total. The Hall–Kier alpha value is -0.940. The predicted octanol–water partition coefficient (Wildman–Crippen LogP) is 1.87. The van der Waals surface area contributed by atoms with Gasteiger partial charge in [0.1, 0.15) is 5.76 Å². The highest BCUT2D eigenvalue weighted by Gasteiger charge is 2.13. The summed E-state index contributed by atoms with van der Waals surface area (Å²) in [5, 5.41) is 9.09. The van der Waals surface area contributed by atoms with Crippen LogP contribution in [0.25, 0.3) is 0 Å². The van der Waals surface area contributed by atoms with E-state index < -0.39 is 5.97 Å². The van der Waals surface area contributed by atoms with E-state index in [4.69, 9.17) is 15.3 Å². The lowest BCUT2D eigenvalue weighted by molar-refractivity contribution is 0.0661. The lowest BCUT2D eigenvalue weighted by Crippen LogP contribution is -2.12. The van der Waals surface area contributed by atoms with Crippen molar-refractivity contribution in [3.05, 3.63) is 23.2 Å². The van der Waals surface area contributed by atoms with Gasteiger partial charge in [-0.25, -0.2) is 4.79 Å². The Kier molecular flexibility index (Phi) is 4.23. The van der Waals surface area contributed by atoms with Gasteiger partial charge in [-0.2, -0.15) is 11.8 Å². The zero-order chi connectivity index (χ0) is 11.4.